The minimum atomic E-state index is -3.67. The summed E-state index contributed by atoms with van der Waals surface area (Å²) < 4.78 is 32.5. The number of nitrogens with zero attached hydrogens (tertiary/aromatic N) is 2. The van der Waals surface area contributed by atoms with E-state index in [1.165, 1.54) is 0 Å². The van der Waals surface area contributed by atoms with Gasteiger partial charge in [0.2, 0.25) is 21.8 Å². The highest BCUT2D eigenvalue weighted by molar-refractivity contribution is 7.89. The molecule has 9 heteroatoms. The molecule has 0 spiro atoms. The van der Waals surface area contributed by atoms with E-state index in [0.29, 0.717) is 31.1 Å². The Morgan fingerprint density at radius 3 is 2.60 bits per heavy atom. The molecule has 3 aromatic rings. The van der Waals surface area contributed by atoms with E-state index in [1.807, 2.05) is 38.1 Å². The van der Waals surface area contributed by atoms with Crippen LogP contribution < -0.4 is 10.0 Å². The predicted molar refractivity (Wildman–Crippen MR) is 113 cm³/mol. The molecule has 8 nitrogen and oxygen atoms in total. The molecule has 30 heavy (non-hydrogen) atoms. The molecule has 1 amide bonds. The zero-order valence-corrected chi connectivity index (χ0v) is 17.9. The largest absolute Gasteiger partial charge is 0.356 e. The van der Waals surface area contributed by atoms with E-state index < -0.39 is 10.0 Å². The first-order chi connectivity index (χ1) is 14.3. The standard InChI is InChI=1S/C21H26N4O4S/c1-15(2)21-24-20(29-25-21)8-5-12-22-19(26)11-13-23-30(27,28)18-10-9-16-6-3-4-7-17(16)14-18/h3-4,6-7,9-10,14-15,23H,5,8,11-13H2,1-2H3,(H,22,26). The van der Waals surface area contributed by atoms with Crippen molar-refractivity contribution in [1.82, 2.24) is 20.2 Å². The Hall–Kier alpha value is -2.78. The number of sulfonamides is 1. The Labute approximate surface area is 176 Å². The molecule has 0 unspecified atom stereocenters. The highest BCUT2D eigenvalue weighted by Gasteiger charge is 2.15. The summed E-state index contributed by atoms with van der Waals surface area (Å²) in [6.45, 7) is 4.46. The normalized spacial score (nSPS) is 11.8. The zero-order chi connectivity index (χ0) is 21.6. The minimum Gasteiger partial charge on any atom is -0.356 e. The van der Waals surface area contributed by atoms with Gasteiger partial charge in [-0.1, -0.05) is 49.3 Å². The van der Waals surface area contributed by atoms with Gasteiger partial charge in [0.1, 0.15) is 0 Å². The number of nitrogens with one attached hydrogen (secondary N) is 2. The highest BCUT2D eigenvalue weighted by Crippen LogP contribution is 2.18. The first-order valence-corrected chi connectivity index (χ1v) is 11.4. The molecule has 0 aliphatic carbocycles. The molecule has 2 aromatic carbocycles. The van der Waals surface area contributed by atoms with Crippen molar-refractivity contribution in [3.63, 3.8) is 0 Å². The Balaban J connectivity index is 1.39. The van der Waals surface area contributed by atoms with Crippen molar-refractivity contribution in [3.05, 3.63) is 54.2 Å². The second kappa shape index (κ2) is 9.82. The number of rotatable bonds is 10. The summed E-state index contributed by atoms with van der Waals surface area (Å²) in [6, 6.07) is 12.5. The molecule has 0 bridgehead atoms. The smallest absolute Gasteiger partial charge is 0.240 e. The maximum atomic E-state index is 12.5. The van der Waals surface area contributed by atoms with Gasteiger partial charge in [0.15, 0.2) is 5.82 Å². The number of carbonyl (C=O) groups excluding carboxylic acids is 1. The number of benzene rings is 2. The fourth-order valence-electron chi connectivity index (χ4n) is 2.88. The van der Waals surface area contributed by atoms with Crippen molar-refractivity contribution in [3.8, 4) is 0 Å². The lowest BCUT2D eigenvalue weighted by atomic mass is 10.1. The van der Waals surface area contributed by atoms with E-state index in [2.05, 4.69) is 20.2 Å². The van der Waals surface area contributed by atoms with Gasteiger partial charge in [0, 0.05) is 31.8 Å². The molecule has 0 aliphatic heterocycles. The van der Waals surface area contributed by atoms with Crippen LogP contribution >= 0.6 is 0 Å². The van der Waals surface area contributed by atoms with E-state index in [1.54, 1.807) is 18.2 Å². The van der Waals surface area contributed by atoms with E-state index in [0.717, 1.165) is 10.8 Å². The van der Waals surface area contributed by atoms with Gasteiger partial charge in [-0.2, -0.15) is 4.98 Å². The van der Waals surface area contributed by atoms with Crippen LogP contribution in [0.1, 0.15) is 44.3 Å². The van der Waals surface area contributed by atoms with Gasteiger partial charge >= 0.3 is 0 Å². The molecule has 3 rings (SSSR count). The van der Waals surface area contributed by atoms with Crippen LogP contribution in [0.25, 0.3) is 10.8 Å². The second-order valence-corrected chi connectivity index (χ2v) is 9.08. The Morgan fingerprint density at radius 2 is 1.87 bits per heavy atom. The molecule has 0 aliphatic rings. The first kappa shape index (κ1) is 21.9. The van der Waals surface area contributed by atoms with Gasteiger partial charge in [-0.3, -0.25) is 4.79 Å². The molecule has 0 fully saturated rings. The maximum absolute atomic E-state index is 12.5. The minimum absolute atomic E-state index is 0.0302. The van der Waals surface area contributed by atoms with E-state index >= 15 is 0 Å². The van der Waals surface area contributed by atoms with Crippen LogP contribution in [0, 0.1) is 0 Å². The second-order valence-electron chi connectivity index (χ2n) is 7.31. The molecular formula is C21H26N4O4S. The average Bonchev–Trinajstić information content (AvgIpc) is 3.20. The number of carbonyl (C=O) groups is 1. The number of aryl methyl sites for hydroxylation is 1. The van der Waals surface area contributed by atoms with Crippen molar-refractivity contribution in [1.29, 1.82) is 0 Å². The summed E-state index contributed by atoms with van der Waals surface area (Å²) in [5.74, 6) is 1.22. The average molecular weight is 431 g/mol. The monoisotopic (exact) mass is 430 g/mol. The van der Waals surface area contributed by atoms with E-state index in [9.17, 15) is 13.2 Å². The van der Waals surface area contributed by atoms with Crippen molar-refractivity contribution in [2.24, 2.45) is 0 Å². The number of hydrogen-bond donors (Lipinski definition) is 2. The fraction of sp³-hybridized carbons (Fsp3) is 0.381. The Kier molecular flexibility index (Phi) is 7.17. The quantitative estimate of drug-likeness (QED) is 0.478. The summed E-state index contributed by atoms with van der Waals surface area (Å²) in [5, 5.41) is 8.48. The van der Waals surface area contributed by atoms with Crippen LogP contribution in [0.3, 0.4) is 0 Å². The molecule has 1 aromatic heterocycles. The van der Waals surface area contributed by atoms with Gasteiger partial charge in [0.05, 0.1) is 4.90 Å². The molecule has 160 valence electrons. The molecule has 0 radical (unpaired) electrons. The highest BCUT2D eigenvalue weighted by atomic mass is 32.2. The van der Waals surface area contributed by atoms with Crippen molar-refractivity contribution < 1.29 is 17.7 Å². The molecule has 1 heterocycles. The molecule has 0 saturated carbocycles. The van der Waals surface area contributed by atoms with E-state index in [4.69, 9.17) is 4.52 Å². The third kappa shape index (κ3) is 5.87. The number of hydrogen-bond acceptors (Lipinski definition) is 6. The van der Waals surface area contributed by atoms with Crippen LogP contribution in [0.4, 0.5) is 0 Å². The summed E-state index contributed by atoms with van der Waals surface area (Å²) in [7, 11) is -3.67. The summed E-state index contributed by atoms with van der Waals surface area (Å²) in [6.07, 6.45) is 1.30. The van der Waals surface area contributed by atoms with Crippen molar-refractivity contribution >= 4 is 26.7 Å². The molecule has 0 atom stereocenters. The van der Waals surface area contributed by atoms with Crippen molar-refractivity contribution in [2.75, 3.05) is 13.1 Å². The van der Waals surface area contributed by atoms with Gasteiger partial charge in [0.25, 0.3) is 0 Å². The van der Waals surface area contributed by atoms with Crippen LogP contribution in [0.2, 0.25) is 0 Å². The fourth-order valence-corrected chi connectivity index (χ4v) is 3.94. The van der Waals surface area contributed by atoms with E-state index in [-0.39, 0.29) is 29.7 Å². The van der Waals surface area contributed by atoms with Gasteiger partial charge < -0.3 is 9.84 Å². The zero-order valence-electron chi connectivity index (χ0n) is 17.1. The lowest BCUT2D eigenvalue weighted by Crippen LogP contribution is -2.31. The number of aromatic nitrogens is 2. The third-order valence-electron chi connectivity index (χ3n) is 4.57. The lowest BCUT2D eigenvalue weighted by Gasteiger charge is -2.08. The summed E-state index contributed by atoms with van der Waals surface area (Å²) in [5.41, 5.74) is 0. The summed E-state index contributed by atoms with van der Waals surface area (Å²) >= 11 is 0. The van der Waals surface area contributed by atoms with Crippen LogP contribution in [-0.2, 0) is 21.2 Å². The van der Waals surface area contributed by atoms with Gasteiger partial charge in [-0.05, 0) is 29.3 Å². The van der Waals surface area contributed by atoms with Crippen LogP contribution in [0.15, 0.2) is 51.9 Å². The molecule has 2 N–H and O–H groups in total. The maximum Gasteiger partial charge on any atom is 0.240 e. The number of fused-ring (bicyclic) bond motifs is 1. The van der Waals surface area contributed by atoms with Crippen molar-refractivity contribution in [2.45, 2.75) is 43.9 Å². The SMILES string of the molecule is CC(C)c1noc(CCCNC(=O)CCNS(=O)(=O)c2ccc3ccccc3c2)n1. The third-order valence-corrected chi connectivity index (χ3v) is 6.02. The van der Waals surface area contributed by atoms with Crippen LogP contribution in [-0.4, -0.2) is 37.6 Å². The Morgan fingerprint density at radius 1 is 1.10 bits per heavy atom. The molecular weight excluding hydrogens is 404 g/mol. The molecule has 0 saturated heterocycles. The summed E-state index contributed by atoms with van der Waals surface area (Å²) in [4.78, 5) is 16.4. The predicted octanol–water partition coefficient (Wildman–Crippen LogP) is 2.76. The van der Waals surface area contributed by atoms with Gasteiger partial charge in [-0.15, -0.1) is 0 Å². The first-order valence-electron chi connectivity index (χ1n) is 9.93. The number of amides is 1. The Bertz CT molecular complexity index is 1110. The van der Waals surface area contributed by atoms with Gasteiger partial charge in [-0.25, -0.2) is 13.1 Å². The van der Waals surface area contributed by atoms with Crippen LogP contribution in [0.5, 0.6) is 0 Å². The topological polar surface area (TPSA) is 114 Å². The lowest BCUT2D eigenvalue weighted by molar-refractivity contribution is -0.120.